The number of rotatable bonds is 2. The Morgan fingerprint density at radius 3 is 2.80 bits per heavy atom. The zero-order valence-corrected chi connectivity index (χ0v) is 15.5. The minimum absolute atomic E-state index is 0.250. The van der Waals surface area contributed by atoms with Gasteiger partial charge in [-0.15, -0.1) is 0 Å². The fraction of sp³-hybridized carbons (Fsp3) is 0.600. The van der Waals surface area contributed by atoms with Crippen LogP contribution >= 0.6 is 0 Å². The first-order chi connectivity index (χ1) is 11.7. The SMILES string of the molecule is C/C=C(/C)C(=O)O[C@H]1C[C@](C)(O)C2=CCC(C)=C2[C@H]2OC(=O)[C@@H](C)[C@H]12. The van der Waals surface area contributed by atoms with Crippen LogP contribution in [0.15, 0.2) is 34.4 Å². The monoisotopic (exact) mass is 346 g/mol. The van der Waals surface area contributed by atoms with E-state index in [1.807, 2.05) is 19.9 Å². The Hall–Kier alpha value is -1.88. The summed E-state index contributed by atoms with van der Waals surface area (Å²) in [6.45, 7) is 9.02. The maximum absolute atomic E-state index is 12.3. The second-order valence-corrected chi connectivity index (χ2v) is 7.63. The molecule has 0 aromatic heterocycles. The molecule has 2 fully saturated rings. The average molecular weight is 346 g/mol. The summed E-state index contributed by atoms with van der Waals surface area (Å²) >= 11 is 0. The van der Waals surface area contributed by atoms with E-state index in [4.69, 9.17) is 9.47 Å². The number of aliphatic hydroxyl groups is 1. The molecule has 1 saturated carbocycles. The van der Waals surface area contributed by atoms with E-state index in [0.717, 1.165) is 23.1 Å². The fourth-order valence-corrected chi connectivity index (χ4v) is 4.22. The molecule has 0 spiro atoms. The van der Waals surface area contributed by atoms with Gasteiger partial charge < -0.3 is 14.6 Å². The van der Waals surface area contributed by atoms with E-state index in [1.165, 1.54) is 0 Å². The molecular formula is C20H26O5. The molecule has 2 aliphatic carbocycles. The van der Waals surface area contributed by atoms with Gasteiger partial charge in [0.05, 0.1) is 17.4 Å². The average Bonchev–Trinajstić information content (AvgIpc) is 3.03. The van der Waals surface area contributed by atoms with Gasteiger partial charge in [0.15, 0.2) is 0 Å². The molecule has 0 unspecified atom stereocenters. The maximum Gasteiger partial charge on any atom is 0.333 e. The molecule has 0 amide bonds. The molecule has 1 heterocycles. The van der Waals surface area contributed by atoms with Gasteiger partial charge in [-0.1, -0.05) is 24.6 Å². The summed E-state index contributed by atoms with van der Waals surface area (Å²) in [6.07, 6.45) is 3.64. The molecule has 3 aliphatic rings. The minimum Gasteiger partial charge on any atom is -0.458 e. The summed E-state index contributed by atoms with van der Waals surface area (Å²) in [5.41, 5.74) is 2.20. The third-order valence-corrected chi connectivity index (χ3v) is 5.81. The topological polar surface area (TPSA) is 72.8 Å². The van der Waals surface area contributed by atoms with Crippen LogP contribution in [0.1, 0.15) is 47.5 Å². The predicted molar refractivity (Wildman–Crippen MR) is 92.5 cm³/mol. The number of hydrogen-bond acceptors (Lipinski definition) is 5. The van der Waals surface area contributed by atoms with Crippen molar-refractivity contribution in [2.75, 3.05) is 0 Å². The van der Waals surface area contributed by atoms with Crippen molar-refractivity contribution in [1.82, 2.24) is 0 Å². The molecule has 5 heteroatoms. The number of allylic oxidation sites excluding steroid dienone is 3. The van der Waals surface area contributed by atoms with Crippen molar-refractivity contribution in [3.63, 3.8) is 0 Å². The molecule has 1 N–H and O–H groups in total. The van der Waals surface area contributed by atoms with Crippen LogP contribution in [0.3, 0.4) is 0 Å². The molecule has 136 valence electrons. The van der Waals surface area contributed by atoms with Gasteiger partial charge in [0.2, 0.25) is 0 Å². The lowest BCUT2D eigenvalue weighted by molar-refractivity contribution is -0.151. The van der Waals surface area contributed by atoms with Gasteiger partial charge in [0, 0.05) is 12.0 Å². The Labute approximate surface area is 148 Å². The molecule has 0 bridgehead atoms. The lowest BCUT2D eigenvalue weighted by atomic mass is 9.83. The van der Waals surface area contributed by atoms with E-state index >= 15 is 0 Å². The zero-order valence-electron chi connectivity index (χ0n) is 15.5. The highest BCUT2D eigenvalue weighted by atomic mass is 16.6. The summed E-state index contributed by atoms with van der Waals surface area (Å²) in [5.74, 6) is -1.36. The number of esters is 2. The Balaban J connectivity index is 2.04. The Morgan fingerprint density at radius 1 is 1.48 bits per heavy atom. The van der Waals surface area contributed by atoms with Crippen molar-refractivity contribution in [3.05, 3.63) is 34.4 Å². The van der Waals surface area contributed by atoms with Crippen LogP contribution in [-0.4, -0.2) is 34.9 Å². The number of ether oxygens (including phenoxy) is 2. The summed E-state index contributed by atoms with van der Waals surface area (Å²) in [7, 11) is 0. The van der Waals surface area contributed by atoms with E-state index in [9.17, 15) is 14.7 Å². The lowest BCUT2D eigenvalue weighted by Crippen LogP contribution is -2.38. The van der Waals surface area contributed by atoms with Crippen LogP contribution in [0.4, 0.5) is 0 Å². The lowest BCUT2D eigenvalue weighted by Gasteiger charge is -2.29. The van der Waals surface area contributed by atoms with E-state index < -0.39 is 23.8 Å². The molecular weight excluding hydrogens is 320 g/mol. The van der Waals surface area contributed by atoms with Crippen LogP contribution in [0.5, 0.6) is 0 Å². The zero-order chi connectivity index (χ0) is 18.5. The highest BCUT2D eigenvalue weighted by Crippen LogP contribution is 2.50. The molecule has 5 atom stereocenters. The first-order valence-electron chi connectivity index (χ1n) is 8.84. The first kappa shape index (κ1) is 17.9. The van der Waals surface area contributed by atoms with Crippen molar-refractivity contribution in [2.45, 2.75) is 65.3 Å². The van der Waals surface area contributed by atoms with Crippen LogP contribution in [0, 0.1) is 11.8 Å². The van der Waals surface area contributed by atoms with Crippen molar-refractivity contribution < 1.29 is 24.2 Å². The standard InChI is InChI=1S/C20H26O5/c1-6-10(2)18(21)24-14-9-20(5,23)13-8-7-11(3)15(13)17-16(14)12(4)19(22)25-17/h6,8,12,14,16-17,23H,7,9H2,1-5H3/b10-6-/t12-,14-,16+,17+,20-/m0/s1. The third-order valence-electron chi connectivity index (χ3n) is 5.81. The quantitative estimate of drug-likeness (QED) is 0.615. The van der Waals surface area contributed by atoms with Gasteiger partial charge in [0.25, 0.3) is 0 Å². The number of carbonyl (C=O) groups is 2. The Bertz CT molecular complexity index is 710. The maximum atomic E-state index is 12.3. The Kier molecular flexibility index (Phi) is 4.40. The predicted octanol–water partition coefficient (Wildman–Crippen LogP) is 2.84. The molecule has 1 aliphatic heterocycles. The van der Waals surface area contributed by atoms with Crippen molar-refractivity contribution in [1.29, 1.82) is 0 Å². The summed E-state index contributed by atoms with van der Waals surface area (Å²) in [5, 5.41) is 11.1. The van der Waals surface area contributed by atoms with Gasteiger partial charge in [-0.05, 0) is 45.3 Å². The van der Waals surface area contributed by atoms with E-state index in [-0.39, 0.29) is 24.2 Å². The summed E-state index contributed by atoms with van der Waals surface area (Å²) in [4.78, 5) is 24.6. The molecule has 5 nitrogen and oxygen atoms in total. The smallest absolute Gasteiger partial charge is 0.333 e. The van der Waals surface area contributed by atoms with Crippen molar-refractivity contribution in [3.8, 4) is 0 Å². The van der Waals surface area contributed by atoms with Crippen LogP contribution in [0.25, 0.3) is 0 Å². The Morgan fingerprint density at radius 2 is 2.16 bits per heavy atom. The van der Waals surface area contributed by atoms with Gasteiger partial charge in [-0.25, -0.2) is 4.79 Å². The third kappa shape index (κ3) is 2.84. The second kappa shape index (κ2) is 6.13. The molecule has 0 radical (unpaired) electrons. The van der Waals surface area contributed by atoms with Crippen molar-refractivity contribution in [2.24, 2.45) is 11.8 Å². The first-order valence-corrected chi connectivity index (χ1v) is 8.84. The highest BCUT2D eigenvalue weighted by molar-refractivity contribution is 5.88. The summed E-state index contributed by atoms with van der Waals surface area (Å²) < 4.78 is 11.4. The van der Waals surface area contributed by atoms with Gasteiger partial charge in [0.1, 0.15) is 12.2 Å². The molecule has 0 aromatic rings. The molecule has 3 rings (SSSR count). The van der Waals surface area contributed by atoms with E-state index in [2.05, 4.69) is 0 Å². The van der Waals surface area contributed by atoms with Gasteiger partial charge in [-0.2, -0.15) is 0 Å². The van der Waals surface area contributed by atoms with Crippen LogP contribution in [-0.2, 0) is 19.1 Å². The highest BCUT2D eigenvalue weighted by Gasteiger charge is 2.56. The number of carbonyl (C=O) groups excluding carboxylic acids is 2. The van der Waals surface area contributed by atoms with E-state index in [1.54, 1.807) is 26.8 Å². The van der Waals surface area contributed by atoms with Gasteiger partial charge >= 0.3 is 11.9 Å². The van der Waals surface area contributed by atoms with Crippen LogP contribution in [0.2, 0.25) is 0 Å². The van der Waals surface area contributed by atoms with Gasteiger partial charge in [-0.3, -0.25) is 4.79 Å². The number of fused-ring (bicyclic) bond motifs is 3. The molecule has 25 heavy (non-hydrogen) atoms. The number of hydrogen-bond donors (Lipinski definition) is 1. The van der Waals surface area contributed by atoms with E-state index in [0.29, 0.717) is 5.57 Å². The minimum atomic E-state index is -1.13. The largest absolute Gasteiger partial charge is 0.458 e. The van der Waals surface area contributed by atoms with Crippen LogP contribution < -0.4 is 0 Å². The molecule has 1 saturated heterocycles. The molecule has 0 aromatic carbocycles. The van der Waals surface area contributed by atoms with Crippen molar-refractivity contribution >= 4 is 11.9 Å². The normalized spacial score (nSPS) is 37.9. The summed E-state index contributed by atoms with van der Waals surface area (Å²) in [6, 6.07) is 0. The second-order valence-electron chi connectivity index (χ2n) is 7.63. The fourth-order valence-electron chi connectivity index (χ4n) is 4.22.